The number of amidine groups is 1. The first-order chi connectivity index (χ1) is 14.8. The molecule has 31 heavy (non-hydrogen) atoms. The number of alkyl halides is 3. The standard InChI is InChI=1S/C24H23F3N2O2/c1-16-7-3-4-8-18(16)19-12-11-17(15-21(19)24(25,26)27)13-14-28-23(29-30)20-9-5-6-10-22(20)31-2/h3-12,15,30H,13-14H2,1-2H3,(H,28,29). The third-order valence-electron chi connectivity index (χ3n) is 4.96. The minimum Gasteiger partial charge on any atom is -0.496 e. The summed E-state index contributed by atoms with van der Waals surface area (Å²) in [7, 11) is 1.50. The summed E-state index contributed by atoms with van der Waals surface area (Å²) < 4.78 is 46.6. The van der Waals surface area contributed by atoms with E-state index in [9.17, 15) is 18.4 Å². The number of methoxy groups -OCH3 is 1. The molecule has 0 atom stereocenters. The first-order valence-electron chi connectivity index (χ1n) is 9.69. The summed E-state index contributed by atoms with van der Waals surface area (Å²) in [6.07, 6.45) is -4.20. The Morgan fingerprint density at radius 3 is 2.39 bits per heavy atom. The lowest BCUT2D eigenvalue weighted by Gasteiger charge is -2.16. The van der Waals surface area contributed by atoms with Crippen LogP contribution >= 0.6 is 0 Å². The van der Waals surface area contributed by atoms with E-state index in [2.05, 4.69) is 4.99 Å². The van der Waals surface area contributed by atoms with Gasteiger partial charge in [0.25, 0.3) is 0 Å². The molecule has 0 bridgehead atoms. The van der Waals surface area contributed by atoms with Gasteiger partial charge in [0.05, 0.1) is 18.2 Å². The monoisotopic (exact) mass is 428 g/mol. The number of para-hydroxylation sites is 1. The third kappa shape index (κ3) is 5.24. The quantitative estimate of drug-likeness (QED) is 0.303. The molecule has 0 aliphatic carbocycles. The molecule has 0 heterocycles. The van der Waals surface area contributed by atoms with Crippen molar-refractivity contribution in [3.63, 3.8) is 0 Å². The average Bonchev–Trinajstić information content (AvgIpc) is 2.76. The molecule has 0 aliphatic heterocycles. The van der Waals surface area contributed by atoms with E-state index in [1.54, 1.807) is 61.5 Å². The summed E-state index contributed by atoms with van der Waals surface area (Å²) in [5.74, 6) is 0.703. The molecule has 0 unspecified atom stereocenters. The highest BCUT2D eigenvalue weighted by molar-refractivity contribution is 6.00. The molecule has 0 saturated carbocycles. The van der Waals surface area contributed by atoms with Crippen molar-refractivity contribution in [1.29, 1.82) is 0 Å². The zero-order valence-corrected chi connectivity index (χ0v) is 17.2. The van der Waals surface area contributed by atoms with E-state index in [4.69, 9.17) is 4.74 Å². The summed E-state index contributed by atoms with van der Waals surface area (Å²) in [4.78, 5) is 4.30. The third-order valence-corrected chi connectivity index (χ3v) is 4.96. The van der Waals surface area contributed by atoms with Gasteiger partial charge in [0, 0.05) is 6.54 Å². The van der Waals surface area contributed by atoms with Gasteiger partial charge >= 0.3 is 6.18 Å². The lowest BCUT2D eigenvalue weighted by molar-refractivity contribution is -0.137. The summed E-state index contributed by atoms with van der Waals surface area (Å²) in [5, 5.41) is 9.45. The van der Waals surface area contributed by atoms with Crippen molar-refractivity contribution in [2.75, 3.05) is 13.7 Å². The van der Waals surface area contributed by atoms with Gasteiger partial charge in [-0.3, -0.25) is 15.7 Å². The van der Waals surface area contributed by atoms with Crippen molar-refractivity contribution in [2.24, 2.45) is 4.99 Å². The molecule has 0 aliphatic rings. The van der Waals surface area contributed by atoms with Crippen molar-refractivity contribution in [1.82, 2.24) is 5.48 Å². The maximum Gasteiger partial charge on any atom is 0.417 e. The van der Waals surface area contributed by atoms with Crippen LogP contribution in [0.3, 0.4) is 0 Å². The van der Waals surface area contributed by atoms with E-state index >= 15 is 0 Å². The Hall–Kier alpha value is -3.32. The van der Waals surface area contributed by atoms with Gasteiger partial charge in [-0.2, -0.15) is 13.2 Å². The molecule has 4 nitrogen and oxygen atoms in total. The van der Waals surface area contributed by atoms with Crippen LogP contribution in [0.4, 0.5) is 13.2 Å². The van der Waals surface area contributed by atoms with Crippen LogP contribution in [-0.4, -0.2) is 24.7 Å². The Kier molecular flexibility index (Phi) is 6.97. The van der Waals surface area contributed by atoms with Crippen molar-refractivity contribution in [2.45, 2.75) is 19.5 Å². The molecule has 3 aromatic carbocycles. The second kappa shape index (κ2) is 9.66. The molecular formula is C24H23F3N2O2. The summed E-state index contributed by atoms with van der Waals surface area (Å²) in [6, 6.07) is 18.4. The number of rotatable bonds is 6. The number of halogens is 3. The van der Waals surface area contributed by atoms with Gasteiger partial charge in [-0.1, -0.05) is 48.5 Å². The molecule has 0 amide bonds. The minimum atomic E-state index is -4.48. The summed E-state index contributed by atoms with van der Waals surface area (Å²) >= 11 is 0. The van der Waals surface area contributed by atoms with Crippen LogP contribution in [0.15, 0.2) is 71.7 Å². The van der Waals surface area contributed by atoms with Crippen LogP contribution in [0, 0.1) is 6.92 Å². The first kappa shape index (κ1) is 22.4. The van der Waals surface area contributed by atoms with E-state index in [1.165, 1.54) is 19.2 Å². The second-order valence-corrected chi connectivity index (χ2v) is 6.99. The van der Waals surface area contributed by atoms with Crippen molar-refractivity contribution in [3.05, 3.63) is 89.0 Å². The molecule has 3 rings (SSSR count). The number of ether oxygens (including phenoxy) is 1. The average molecular weight is 428 g/mol. The van der Waals surface area contributed by atoms with Crippen molar-refractivity contribution >= 4 is 5.84 Å². The van der Waals surface area contributed by atoms with E-state index < -0.39 is 11.7 Å². The van der Waals surface area contributed by atoms with Crippen LogP contribution in [0.25, 0.3) is 11.1 Å². The Balaban J connectivity index is 1.87. The van der Waals surface area contributed by atoms with Crippen LogP contribution in [0.5, 0.6) is 5.75 Å². The molecule has 0 fully saturated rings. The first-order valence-corrected chi connectivity index (χ1v) is 9.69. The SMILES string of the molecule is COc1ccccc1C(=NCCc1ccc(-c2ccccc2C)c(C(F)(F)F)c1)NO. The Morgan fingerprint density at radius 2 is 1.71 bits per heavy atom. The molecular weight excluding hydrogens is 405 g/mol. The highest BCUT2D eigenvalue weighted by Gasteiger charge is 2.34. The van der Waals surface area contributed by atoms with Gasteiger partial charge in [-0.15, -0.1) is 0 Å². The highest BCUT2D eigenvalue weighted by atomic mass is 19.4. The maximum absolute atomic E-state index is 13.8. The molecule has 162 valence electrons. The molecule has 3 aromatic rings. The van der Waals surface area contributed by atoms with Gasteiger partial charge in [-0.05, 0) is 53.8 Å². The fraction of sp³-hybridized carbons (Fsp3) is 0.208. The molecule has 0 aromatic heterocycles. The molecule has 7 heteroatoms. The number of hydrogen-bond acceptors (Lipinski definition) is 3. The zero-order valence-electron chi connectivity index (χ0n) is 17.2. The predicted octanol–water partition coefficient (Wildman–Crippen LogP) is 5.66. The molecule has 0 saturated heterocycles. The number of benzene rings is 3. The fourth-order valence-electron chi connectivity index (χ4n) is 3.41. The number of hydrogen-bond donors (Lipinski definition) is 2. The second-order valence-electron chi connectivity index (χ2n) is 6.99. The Bertz CT molecular complexity index is 1080. The maximum atomic E-state index is 13.8. The van der Waals surface area contributed by atoms with Crippen LogP contribution in [-0.2, 0) is 12.6 Å². The number of hydroxylamine groups is 1. The van der Waals surface area contributed by atoms with Gasteiger partial charge < -0.3 is 4.74 Å². The summed E-state index contributed by atoms with van der Waals surface area (Å²) in [6.45, 7) is 1.97. The number of aryl methyl sites for hydroxylation is 1. The normalized spacial score (nSPS) is 12.0. The fourth-order valence-corrected chi connectivity index (χ4v) is 3.41. The van der Waals surface area contributed by atoms with Gasteiger partial charge in [0.15, 0.2) is 5.84 Å². The topological polar surface area (TPSA) is 53.8 Å². The molecule has 2 N–H and O–H groups in total. The minimum absolute atomic E-state index is 0.157. The number of nitrogens with one attached hydrogen (secondary N) is 1. The van der Waals surface area contributed by atoms with Gasteiger partial charge in [-0.25, -0.2) is 0 Å². The molecule has 0 radical (unpaired) electrons. The Labute approximate surface area is 179 Å². The van der Waals surface area contributed by atoms with E-state index in [1.807, 2.05) is 5.48 Å². The number of nitrogens with zero attached hydrogens (tertiary/aromatic N) is 1. The largest absolute Gasteiger partial charge is 0.496 e. The van der Waals surface area contributed by atoms with Gasteiger partial charge in [0.2, 0.25) is 0 Å². The van der Waals surface area contributed by atoms with Crippen molar-refractivity contribution in [3.8, 4) is 16.9 Å². The lowest BCUT2D eigenvalue weighted by atomic mass is 9.93. The van der Waals surface area contributed by atoms with Crippen LogP contribution in [0.1, 0.15) is 22.3 Å². The zero-order chi connectivity index (χ0) is 22.4. The Morgan fingerprint density at radius 1 is 1.00 bits per heavy atom. The van der Waals surface area contributed by atoms with E-state index in [0.717, 1.165) is 5.56 Å². The lowest BCUT2D eigenvalue weighted by Crippen LogP contribution is -2.21. The van der Waals surface area contributed by atoms with E-state index in [-0.39, 0.29) is 24.4 Å². The highest BCUT2D eigenvalue weighted by Crippen LogP contribution is 2.38. The van der Waals surface area contributed by atoms with Crippen molar-refractivity contribution < 1.29 is 23.1 Å². The van der Waals surface area contributed by atoms with Crippen LogP contribution < -0.4 is 10.2 Å². The van der Waals surface area contributed by atoms with Crippen LogP contribution in [0.2, 0.25) is 0 Å². The molecule has 0 spiro atoms. The smallest absolute Gasteiger partial charge is 0.417 e. The van der Waals surface area contributed by atoms with Gasteiger partial charge in [0.1, 0.15) is 5.75 Å². The predicted molar refractivity (Wildman–Crippen MR) is 115 cm³/mol. The van der Waals surface area contributed by atoms with E-state index in [0.29, 0.717) is 22.4 Å². The number of aliphatic imine (C=N–C) groups is 1. The summed E-state index contributed by atoms with van der Waals surface area (Å²) in [5.41, 5.74) is 3.92.